The molecule has 0 spiro atoms. The molecule has 0 fully saturated rings. The van der Waals surface area contributed by atoms with Crippen LogP contribution in [0.3, 0.4) is 0 Å². The van der Waals surface area contributed by atoms with Crippen LogP contribution >= 0.6 is 68.0 Å². The van der Waals surface area contributed by atoms with Gasteiger partial charge in [-0.2, -0.15) is 0 Å². The zero-order chi connectivity index (χ0) is 86.3. The quantitative estimate of drug-likeness (QED) is 0.0295. The van der Waals surface area contributed by atoms with Gasteiger partial charge in [-0.15, -0.1) is 68.0 Å². The number of unbranched alkanes of at least 4 members (excludes halogenated alkanes) is 24. The van der Waals surface area contributed by atoms with E-state index in [0.717, 1.165) is 155 Å². The molecular weight excluding hydrogens is 1600 g/mol. The third-order valence-electron chi connectivity index (χ3n) is 28.1. The van der Waals surface area contributed by atoms with Gasteiger partial charge in [0.25, 0.3) is 0 Å². The van der Waals surface area contributed by atoms with Gasteiger partial charge in [-0.1, -0.05) is 365 Å². The van der Waals surface area contributed by atoms with Crippen LogP contribution in [0.4, 0.5) is 0 Å². The minimum atomic E-state index is -2.04. The maximum atomic E-state index is 16.6. The highest BCUT2D eigenvalue weighted by Crippen LogP contribution is 2.62. The first-order valence-corrected chi connectivity index (χ1v) is 58.9. The molecule has 2 N–H and O–H groups in total. The molecule has 660 valence electrons. The molecule has 2 nitrogen and oxygen atoms in total. The number of hydrogen-bond donors (Lipinski definition) is 2. The van der Waals surface area contributed by atoms with Gasteiger partial charge in [-0.25, -0.2) is 0 Å². The summed E-state index contributed by atoms with van der Waals surface area (Å²) in [5.74, 6) is 0. The molecule has 6 aromatic heterocycles. The van der Waals surface area contributed by atoms with E-state index in [2.05, 4.69) is 258 Å². The fraction of sp³-hybridized carbons (Fsp3) is 0.618. The molecule has 10 rings (SSSR count). The summed E-state index contributed by atoms with van der Waals surface area (Å²) in [7, 11) is -4.07. The van der Waals surface area contributed by atoms with E-state index < -0.39 is 27.3 Å². The lowest BCUT2D eigenvalue weighted by Crippen LogP contribution is -2.54. The van der Waals surface area contributed by atoms with Gasteiger partial charge < -0.3 is 10.2 Å². The minimum Gasteiger partial charge on any atom is -0.376 e. The molecular formula is C110H164O2S6Si2. The normalized spacial score (nSPS) is 12.9. The predicted octanol–water partition coefficient (Wildman–Crippen LogP) is 36.2. The zero-order valence-electron chi connectivity index (χ0n) is 79.3. The molecule has 0 amide bonds. The number of hydrogen-bond acceptors (Lipinski definition) is 8. The van der Waals surface area contributed by atoms with Gasteiger partial charge in [0.1, 0.15) is 27.3 Å². The first-order valence-electron chi connectivity index (χ1n) is 49.5. The molecule has 0 atom stereocenters. The third-order valence-corrected chi connectivity index (χ3v) is 51.4. The van der Waals surface area contributed by atoms with Gasteiger partial charge in [0.15, 0.2) is 0 Å². The molecule has 0 saturated carbocycles. The van der Waals surface area contributed by atoms with Crippen molar-refractivity contribution in [3.8, 4) is 19.5 Å². The number of fused-ring (bicyclic) bond motifs is 3. The molecule has 0 radical (unpaired) electrons. The smallest absolute Gasteiger partial charge is 0.143 e. The van der Waals surface area contributed by atoms with E-state index in [1.807, 2.05) is 45.3 Å². The highest BCUT2D eigenvalue weighted by Gasteiger charge is 2.50. The largest absolute Gasteiger partial charge is 0.376 e. The highest BCUT2D eigenvalue weighted by atomic mass is 32.1. The van der Waals surface area contributed by atoms with Gasteiger partial charge in [-0.3, -0.25) is 0 Å². The Hall–Kier alpha value is -3.79. The second-order valence-corrected chi connectivity index (χ2v) is 57.9. The fourth-order valence-electron chi connectivity index (χ4n) is 22.0. The van der Waals surface area contributed by atoms with Crippen LogP contribution in [0.1, 0.15) is 422 Å². The van der Waals surface area contributed by atoms with Crippen LogP contribution in [0.15, 0.2) is 97.1 Å². The lowest BCUT2D eigenvalue weighted by molar-refractivity contribution is 0.127. The summed E-state index contributed by atoms with van der Waals surface area (Å²) in [5.41, 5.74) is 17.2. The van der Waals surface area contributed by atoms with Crippen molar-refractivity contribution in [2.75, 3.05) is 0 Å². The summed E-state index contributed by atoms with van der Waals surface area (Å²) >= 11 is 12.1. The molecule has 10 heteroatoms. The lowest BCUT2D eigenvalue weighted by atomic mass is 9.75. The topological polar surface area (TPSA) is 40.5 Å². The van der Waals surface area contributed by atoms with Gasteiger partial charge in [0, 0.05) is 39.7 Å². The summed E-state index contributed by atoms with van der Waals surface area (Å²) in [6.07, 6.45) is 45.9. The van der Waals surface area contributed by atoms with E-state index >= 15 is 10.2 Å². The van der Waals surface area contributed by atoms with Crippen LogP contribution in [0, 0.1) is 0 Å². The molecule has 0 unspecified atom stereocenters. The van der Waals surface area contributed by atoms with Gasteiger partial charge in [0.2, 0.25) is 0 Å². The van der Waals surface area contributed by atoms with Crippen LogP contribution in [-0.4, -0.2) is 26.4 Å². The average molecular weight is 1770 g/mol. The van der Waals surface area contributed by atoms with Gasteiger partial charge in [-0.05, 0) is 236 Å². The summed E-state index contributed by atoms with van der Waals surface area (Å²) in [6, 6.07) is 41.0. The van der Waals surface area contributed by atoms with E-state index in [1.165, 1.54) is 227 Å². The number of rotatable bonds is 56. The number of benzene rings is 4. The van der Waals surface area contributed by atoms with Crippen molar-refractivity contribution in [1.82, 2.24) is 0 Å². The Labute approximate surface area is 759 Å². The number of thiophene rings is 6. The van der Waals surface area contributed by atoms with E-state index in [-0.39, 0.29) is 0 Å². The SMILES string of the molecule is CCCCCCc1cc(CCCCCC)cc(C(O)(c2cc(CCCCCC)cc(CCCCCC)c2)c2c(-c3cc4sc([Si](C(C)C)(C(C)C)C(C)C)cc4s3)sc3c(C(O)(c4cc(CCCCCC)cc(CCCCCC)c4)c4cc(CCCCCC)cc(CCCCCC)c4)c(-c4cc5sc([Si](C(C)C)(C(C)C)C(C)C)cc5s4)sc23)c1. The maximum Gasteiger partial charge on any atom is 0.143 e. The van der Waals surface area contributed by atoms with Crippen LogP contribution in [-0.2, 0) is 62.6 Å². The Balaban J connectivity index is 1.47. The van der Waals surface area contributed by atoms with Crippen molar-refractivity contribution in [1.29, 1.82) is 0 Å². The number of aliphatic hydroxyl groups is 2. The van der Waals surface area contributed by atoms with Crippen molar-refractivity contribution in [3.63, 3.8) is 0 Å². The van der Waals surface area contributed by atoms with Gasteiger partial charge in [0.05, 0.1) is 19.2 Å². The second kappa shape index (κ2) is 47.3. The summed E-state index contributed by atoms with van der Waals surface area (Å²) in [6.45, 7) is 49.1. The lowest BCUT2D eigenvalue weighted by Gasteiger charge is -2.42. The Bertz CT molecular complexity index is 4070. The Morgan fingerprint density at radius 2 is 0.425 bits per heavy atom. The first-order chi connectivity index (χ1) is 57.9. The predicted molar refractivity (Wildman–Crippen MR) is 551 cm³/mol. The zero-order valence-corrected chi connectivity index (χ0v) is 86.2. The van der Waals surface area contributed by atoms with Crippen molar-refractivity contribution < 1.29 is 10.2 Å². The molecule has 0 aliphatic heterocycles. The van der Waals surface area contributed by atoms with E-state index in [4.69, 9.17) is 0 Å². The van der Waals surface area contributed by atoms with Crippen molar-refractivity contribution in [3.05, 3.63) is 175 Å². The van der Waals surface area contributed by atoms with Crippen LogP contribution < -0.4 is 9.00 Å². The molecule has 0 aliphatic rings. The highest BCUT2D eigenvalue weighted by molar-refractivity contribution is 7.40. The average Bonchev–Trinajstić information content (AvgIpc) is 1.53. The van der Waals surface area contributed by atoms with E-state index in [0.29, 0.717) is 33.2 Å². The molecule has 0 bridgehead atoms. The van der Waals surface area contributed by atoms with E-state index in [9.17, 15) is 0 Å². The van der Waals surface area contributed by atoms with Gasteiger partial charge >= 0.3 is 0 Å². The van der Waals surface area contributed by atoms with E-state index in [1.54, 1.807) is 9.00 Å². The number of aryl methyl sites for hydroxylation is 8. The molecule has 120 heavy (non-hydrogen) atoms. The van der Waals surface area contributed by atoms with Crippen molar-refractivity contribution in [2.45, 2.75) is 440 Å². The Morgan fingerprint density at radius 3 is 0.600 bits per heavy atom. The van der Waals surface area contributed by atoms with Crippen LogP contribution in [0.5, 0.6) is 0 Å². The van der Waals surface area contributed by atoms with Crippen LogP contribution in [0.25, 0.3) is 47.7 Å². The summed E-state index contributed by atoms with van der Waals surface area (Å²) in [5, 5.41) is 33.2. The molecule has 6 heterocycles. The molecule has 0 aliphatic carbocycles. The standard InChI is InChI=1S/C110H164O2S6Si2/c1-21-29-37-45-53-83-61-84(54-46-38-30-22-2)66-91(65-83)109(111,92-67-85(55-47-39-31-23-3)62-86(68-92)56-48-40-32-24-4)103-105(99-73-95-97(113-99)75-101(115-95)119(77(9)10,78(11)12)79(13)14)117-108-104(106(118-107(103)108)100-74-96-98(114-100)76-102(116-96)120(80(15)16,81(17)18)82(19)20)110(112,93-69-87(57-49-41-33-25-5)63-88(70-93)58-50-42-34-26-6)94-71-89(59-51-43-35-27-7)64-90(72-94)60-52-44-36-28-8/h61-82,111-112H,21-60H2,1-20H3. The molecule has 0 saturated heterocycles. The minimum absolute atomic E-state index is 0.592. The monoisotopic (exact) mass is 1770 g/mol. The van der Waals surface area contributed by atoms with Crippen molar-refractivity contribution in [2.24, 2.45) is 0 Å². The first kappa shape index (κ1) is 98.4. The fourth-order valence-corrected chi connectivity index (χ4v) is 48.3. The Morgan fingerprint density at radius 1 is 0.233 bits per heavy atom. The summed E-state index contributed by atoms with van der Waals surface area (Å²) < 4.78 is 11.1. The molecule has 10 aromatic rings. The summed E-state index contributed by atoms with van der Waals surface area (Å²) in [4.78, 5) is 4.80. The van der Waals surface area contributed by atoms with Crippen molar-refractivity contribution >= 4 is 121 Å². The second-order valence-electron chi connectivity index (χ2n) is 39.0. The third kappa shape index (κ3) is 23.0. The van der Waals surface area contributed by atoms with Crippen LogP contribution in [0.2, 0.25) is 33.2 Å². The molecule has 4 aromatic carbocycles. The maximum absolute atomic E-state index is 16.6. The Kier molecular flexibility index (Phi) is 38.8.